The first-order chi connectivity index (χ1) is 16.5. The minimum Gasteiger partial charge on any atom is -0.490 e. The van der Waals surface area contributed by atoms with Crippen LogP contribution in [0.25, 0.3) is 16.9 Å². The van der Waals surface area contributed by atoms with Gasteiger partial charge in [-0.05, 0) is 62.2 Å². The zero-order valence-corrected chi connectivity index (χ0v) is 19.2. The van der Waals surface area contributed by atoms with Crippen molar-refractivity contribution in [3.05, 3.63) is 61.1 Å². The highest BCUT2D eigenvalue weighted by Crippen LogP contribution is 2.33. The Morgan fingerprint density at radius 3 is 2.76 bits per heavy atom. The van der Waals surface area contributed by atoms with Gasteiger partial charge in [-0.1, -0.05) is 0 Å². The largest absolute Gasteiger partial charge is 0.490 e. The van der Waals surface area contributed by atoms with E-state index in [9.17, 15) is 5.11 Å². The van der Waals surface area contributed by atoms with Gasteiger partial charge in [-0.3, -0.25) is 0 Å². The molecule has 34 heavy (non-hydrogen) atoms. The summed E-state index contributed by atoms with van der Waals surface area (Å²) >= 11 is 0. The molecule has 4 heterocycles. The summed E-state index contributed by atoms with van der Waals surface area (Å²) in [7, 11) is 0. The van der Waals surface area contributed by atoms with Gasteiger partial charge in [0.25, 0.3) is 0 Å². The van der Waals surface area contributed by atoms with Gasteiger partial charge < -0.3 is 29.8 Å². The molecule has 2 aromatic carbocycles. The molecule has 8 heteroatoms. The van der Waals surface area contributed by atoms with Crippen LogP contribution in [0.5, 0.6) is 5.75 Å². The fourth-order valence-corrected chi connectivity index (χ4v) is 4.59. The summed E-state index contributed by atoms with van der Waals surface area (Å²) in [4.78, 5) is 11.7. The molecular weight excluding hydrogens is 428 g/mol. The molecule has 4 aromatic rings. The Morgan fingerprint density at radius 1 is 1.12 bits per heavy atom. The number of piperidine rings is 1. The van der Waals surface area contributed by atoms with Crippen LogP contribution >= 0.6 is 0 Å². The van der Waals surface area contributed by atoms with Crippen molar-refractivity contribution in [2.75, 3.05) is 41.8 Å². The molecule has 0 atom stereocenters. The maximum Gasteiger partial charge on any atom is 0.180 e. The van der Waals surface area contributed by atoms with Crippen molar-refractivity contribution in [3.63, 3.8) is 0 Å². The molecule has 1 saturated heterocycles. The molecule has 8 nitrogen and oxygen atoms in total. The van der Waals surface area contributed by atoms with E-state index in [0.717, 1.165) is 72.2 Å². The molecule has 1 fully saturated rings. The maximum atomic E-state index is 10.2. The number of rotatable bonds is 4. The summed E-state index contributed by atoms with van der Waals surface area (Å²) < 4.78 is 7.70. The Morgan fingerprint density at radius 2 is 1.94 bits per heavy atom. The lowest BCUT2D eigenvalue weighted by atomic mass is 9.93. The first-order valence-electron chi connectivity index (χ1n) is 11.7. The number of hydrogen-bond donors (Lipinski definition) is 3. The van der Waals surface area contributed by atoms with Crippen LogP contribution in [0.3, 0.4) is 0 Å². The van der Waals surface area contributed by atoms with Gasteiger partial charge in [-0.15, -0.1) is 0 Å². The second kappa shape index (κ2) is 8.22. The number of hydrogen-bond acceptors (Lipinski definition) is 7. The normalized spacial score (nSPS) is 17.1. The lowest BCUT2D eigenvalue weighted by molar-refractivity contribution is 0.0351. The molecule has 2 aromatic heterocycles. The zero-order valence-electron chi connectivity index (χ0n) is 19.2. The molecule has 0 saturated carbocycles. The summed E-state index contributed by atoms with van der Waals surface area (Å²) in [5, 5.41) is 17.1. The van der Waals surface area contributed by atoms with Gasteiger partial charge in [0.2, 0.25) is 0 Å². The molecule has 2 aliphatic heterocycles. The average molecular weight is 457 g/mol. The van der Waals surface area contributed by atoms with Gasteiger partial charge in [0.15, 0.2) is 11.5 Å². The number of aliphatic hydroxyl groups is 1. The van der Waals surface area contributed by atoms with E-state index in [1.54, 1.807) is 6.20 Å². The minimum absolute atomic E-state index is 0.550. The second-order valence-corrected chi connectivity index (χ2v) is 9.27. The fourth-order valence-electron chi connectivity index (χ4n) is 4.59. The number of benzene rings is 2. The Hall–Kier alpha value is -3.78. The van der Waals surface area contributed by atoms with Crippen molar-refractivity contribution in [2.24, 2.45) is 0 Å². The number of ether oxygens (including phenoxy) is 1. The van der Waals surface area contributed by atoms with Gasteiger partial charge in [0.1, 0.15) is 12.4 Å². The second-order valence-electron chi connectivity index (χ2n) is 9.27. The minimum atomic E-state index is -0.550. The van der Waals surface area contributed by atoms with E-state index in [1.165, 1.54) is 0 Å². The van der Waals surface area contributed by atoms with Crippen LogP contribution in [-0.4, -0.2) is 51.3 Å². The van der Waals surface area contributed by atoms with Gasteiger partial charge in [0, 0.05) is 55.2 Å². The fraction of sp³-hybridized carbons (Fsp3) is 0.308. The summed E-state index contributed by atoms with van der Waals surface area (Å²) in [6.07, 6.45) is 7.27. The molecular formula is C26H28N6O2. The Balaban J connectivity index is 1.27. The summed E-state index contributed by atoms with van der Waals surface area (Å²) in [6.45, 7) is 5.11. The van der Waals surface area contributed by atoms with Crippen molar-refractivity contribution in [1.82, 2.24) is 14.4 Å². The predicted molar refractivity (Wildman–Crippen MR) is 134 cm³/mol. The number of aromatic nitrogens is 3. The van der Waals surface area contributed by atoms with Crippen molar-refractivity contribution in [3.8, 4) is 17.0 Å². The van der Waals surface area contributed by atoms with Crippen molar-refractivity contribution < 1.29 is 9.84 Å². The molecule has 6 rings (SSSR count). The first kappa shape index (κ1) is 20.8. The predicted octanol–water partition coefficient (Wildman–Crippen LogP) is 4.30. The zero-order chi connectivity index (χ0) is 23.1. The van der Waals surface area contributed by atoms with Crippen LogP contribution in [0.2, 0.25) is 0 Å². The number of nitrogens with zero attached hydrogens (tertiary/aromatic N) is 4. The van der Waals surface area contributed by atoms with Gasteiger partial charge in [-0.25, -0.2) is 9.97 Å². The van der Waals surface area contributed by atoms with Gasteiger partial charge >= 0.3 is 0 Å². The SMILES string of the molecule is CC1(O)CCN(c2ccc(Nc3nc(-c4ccc5c(c4)NCCO5)cn4ccnc34)cc2)CC1. The Bertz CT molecular complexity index is 1320. The maximum absolute atomic E-state index is 10.2. The highest BCUT2D eigenvalue weighted by atomic mass is 16.5. The van der Waals surface area contributed by atoms with E-state index in [0.29, 0.717) is 12.4 Å². The van der Waals surface area contributed by atoms with Gasteiger partial charge in [0.05, 0.1) is 17.0 Å². The Kier molecular flexibility index (Phi) is 5.03. The third kappa shape index (κ3) is 4.01. The monoisotopic (exact) mass is 456 g/mol. The molecule has 174 valence electrons. The lowest BCUT2D eigenvalue weighted by Gasteiger charge is -2.37. The molecule has 0 spiro atoms. The molecule has 0 unspecified atom stereocenters. The topological polar surface area (TPSA) is 87.0 Å². The number of nitrogens with one attached hydrogen (secondary N) is 2. The molecule has 0 radical (unpaired) electrons. The van der Waals surface area contributed by atoms with Crippen LogP contribution in [0.4, 0.5) is 22.9 Å². The van der Waals surface area contributed by atoms with Crippen molar-refractivity contribution >= 4 is 28.5 Å². The number of anilines is 4. The van der Waals surface area contributed by atoms with Crippen LogP contribution in [0, 0.1) is 0 Å². The van der Waals surface area contributed by atoms with Crippen LogP contribution < -0.4 is 20.3 Å². The standard InChI is InChI=1S/C26H28N6O2/c1-26(33)8-12-31(13-9-26)20-5-3-19(4-6-20)29-24-25-28-10-14-32(25)17-22(30-24)18-2-7-23-21(16-18)27-11-15-34-23/h2-7,10,14,16-17,27,33H,8-9,11-13,15H2,1H3,(H,29,30). The van der Waals surface area contributed by atoms with E-state index < -0.39 is 5.60 Å². The number of fused-ring (bicyclic) bond motifs is 2. The van der Waals surface area contributed by atoms with E-state index >= 15 is 0 Å². The third-order valence-corrected chi connectivity index (χ3v) is 6.66. The Labute approximate surface area is 198 Å². The van der Waals surface area contributed by atoms with E-state index in [4.69, 9.17) is 9.72 Å². The summed E-state index contributed by atoms with van der Waals surface area (Å²) in [5.41, 5.74) is 5.17. The molecule has 2 aliphatic rings. The van der Waals surface area contributed by atoms with Crippen molar-refractivity contribution in [1.29, 1.82) is 0 Å². The average Bonchev–Trinajstić information content (AvgIpc) is 3.34. The summed E-state index contributed by atoms with van der Waals surface area (Å²) in [5.74, 6) is 1.57. The summed E-state index contributed by atoms with van der Waals surface area (Å²) in [6, 6.07) is 14.5. The van der Waals surface area contributed by atoms with E-state index in [-0.39, 0.29) is 0 Å². The third-order valence-electron chi connectivity index (χ3n) is 6.66. The molecule has 0 bridgehead atoms. The lowest BCUT2D eigenvalue weighted by Crippen LogP contribution is -2.42. The first-order valence-corrected chi connectivity index (χ1v) is 11.7. The van der Waals surface area contributed by atoms with Crippen molar-refractivity contribution in [2.45, 2.75) is 25.4 Å². The van der Waals surface area contributed by atoms with Gasteiger partial charge in [-0.2, -0.15) is 0 Å². The van der Waals surface area contributed by atoms with E-state index in [2.05, 4.69) is 50.8 Å². The van der Waals surface area contributed by atoms with Crippen LogP contribution in [0.15, 0.2) is 61.1 Å². The highest BCUT2D eigenvalue weighted by molar-refractivity contribution is 5.76. The molecule has 3 N–H and O–H groups in total. The van der Waals surface area contributed by atoms with Crippen LogP contribution in [0.1, 0.15) is 19.8 Å². The van der Waals surface area contributed by atoms with Crippen LogP contribution in [-0.2, 0) is 0 Å². The highest BCUT2D eigenvalue weighted by Gasteiger charge is 2.27. The number of imidazole rings is 1. The smallest absolute Gasteiger partial charge is 0.180 e. The van der Waals surface area contributed by atoms with E-state index in [1.807, 2.05) is 35.9 Å². The molecule has 0 aliphatic carbocycles. The quantitative estimate of drug-likeness (QED) is 0.422. The molecule has 0 amide bonds.